The number of thiazole rings is 1. The summed E-state index contributed by atoms with van der Waals surface area (Å²) in [4.78, 5) is 5.75. The molecule has 0 unspecified atom stereocenters. The fraction of sp³-hybridized carbons (Fsp3) is 0.235. The number of ether oxygens (including phenoxy) is 1. The number of benzene rings is 2. The van der Waals surface area contributed by atoms with Gasteiger partial charge in [0.1, 0.15) is 17.4 Å². The van der Waals surface area contributed by atoms with E-state index in [4.69, 9.17) is 10.5 Å². The van der Waals surface area contributed by atoms with Crippen LogP contribution in [-0.2, 0) is 13.2 Å². The molecule has 0 aliphatic rings. The van der Waals surface area contributed by atoms with E-state index in [1.54, 1.807) is 11.3 Å². The van der Waals surface area contributed by atoms with Gasteiger partial charge in [-0.1, -0.05) is 30.3 Å². The van der Waals surface area contributed by atoms with Crippen LogP contribution in [0.25, 0.3) is 10.8 Å². The van der Waals surface area contributed by atoms with Crippen molar-refractivity contribution >= 4 is 22.1 Å². The van der Waals surface area contributed by atoms with Crippen molar-refractivity contribution in [3.8, 4) is 5.75 Å². The van der Waals surface area contributed by atoms with Crippen molar-refractivity contribution in [2.45, 2.75) is 27.0 Å². The lowest BCUT2D eigenvalue weighted by Gasteiger charge is -2.12. The zero-order chi connectivity index (χ0) is 14.8. The molecule has 3 nitrogen and oxygen atoms in total. The first-order valence-corrected chi connectivity index (χ1v) is 7.77. The Labute approximate surface area is 128 Å². The molecule has 0 aliphatic carbocycles. The number of aryl methyl sites for hydroxylation is 2. The maximum atomic E-state index is 5.96. The number of hydrogen-bond donors (Lipinski definition) is 1. The second-order valence-electron chi connectivity index (χ2n) is 5.01. The Hall–Kier alpha value is -1.91. The van der Waals surface area contributed by atoms with E-state index in [2.05, 4.69) is 30.1 Å². The van der Waals surface area contributed by atoms with Crippen LogP contribution in [0.1, 0.15) is 21.1 Å². The molecule has 0 bridgehead atoms. The second-order valence-corrected chi connectivity index (χ2v) is 6.29. The number of rotatable bonds is 4. The van der Waals surface area contributed by atoms with E-state index in [9.17, 15) is 0 Å². The number of hydrogen-bond acceptors (Lipinski definition) is 4. The lowest BCUT2D eigenvalue weighted by molar-refractivity contribution is 0.303. The zero-order valence-corrected chi connectivity index (χ0v) is 13.0. The molecule has 0 fully saturated rings. The van der Waals surface area contributed by atoms with Crippen LogP contribution in [0.5, 0.6) is 5.75 Å². The standard InChI is InChI=1S/C17H18N2OS/c1-11-12(2)21-17(19-11)10-20-16-8-7-13-5-3-4-6-14(13)15(16)9-18/h3-8H,9-10,18H2,1-2H3. The van der Waals surface area contributed by atoms with E-state index >= 15 is 0 Å². The predicted molar refractivity (Wildman–Crippen MR) is 87.8 cm³/mol. The first kappa shape index (κ1) is 14.0. The molecule has 1 aromatic heterocycles. The minimum absolute atomic E-state index is 0.465. The number of nitrogens with two attached hydrogens (primary N) is 1. The lowest BCUT2D eigenvalue weighted by atomic mass is 10.0. The summed E-state index contributed by atoms with van der Waals surface area (Å²) in [5.74, 6) is 0.849. The molecule has 0 saturated heterocycles. The van der Waals surface area contributed by atoms with Gasteiger partial charge in [0, 0.05) is 17.0 Å². The SMILES string of the molecule is Cc1nc(COc2ccc3ccccc3c2CN)sc1C. The van der Waals surface area contributed by atoms with Gasteiger partial charge in [0.15, 0.2) is 0 Å². The zero-order valence-electron chi connectivity index (χ0n) is 12.2. The van der Waals surface area contributed by atoms with Crippen molar-refractivity contribution in [1.29, 1.82) is 0 Å². The van der Waals surface area contributed by atoms with Crippen molar-refractivity contribution in [2.24, 2.45) is 5.73 Å². The molecule has 0 radical (unpaired) electrons. The molecule has 2 N–H and O–H groups in total. The molecular formula is C17H18N2OS. The summed E-state index contributed by atoms with van der Waals surface area (Å²) in [5.41, 5.74) is 8.05. The monoisotopic (exact) mass is 298 g/mol. The first-order chi connectivity index (χ1) is 10.2. The van der Waals surface area contributed by atoms with Crippen molar-refractivity contribution in [3.05, 3.63) is 57.5 Å². The van der Waals surface area contributed by atoms with Gasteiger partial charge in [-0.2, -0.15) is 0 Å². The third kappa shape index (κ3) is 2.77. The molecular weight excluding hydrogens is 280 g/mol. The van der Waals surface area contributed by atoms with Crippen LogP contribution in [-0.4, -0.2) is 4.98 Å². The van der Waals surface area contributed by atoms with Crippen molar-refractivity contribution in [2.75, 3.05) is 0 Å². The molecule has 2 aromatic carbocycles. The summed E-state index contributed by atoms with van der Waals surface area (Å²) < 4.78 is 5.96. The van der Waals surface area contributed by atoms with Gasteiger partial charge in [0.05, 0.1) is 5.69 Å². The van der Waals surface area contributed by atoms with Crippen LogP contribution in [0.3, 0.4) is 0 Å². The predicted octanol–water partition coefficient (Wildman–Crippen LogP) is 3.95. The van der Waals surface area contributed by atoms with Gasteiger partial charge in [-0.3, -0.25) is 0 Å². The van der Waals surface area contributed by atoms with Gasteiger partial charge >= 0.3 is 0 Å². The highest BCUT2D eigenvalue weighted by Crippen LogP contribution is 2.28. The van der Waals surface area contributed by atoms with E-state index in [1.807, 2.05) is 25.1 Å². The van der Waals surface area contributed by atoms with Crippen molar-refractivity contribution < 1.29 is 4.74 Å². The molecule has 3 aromatic rings. The summed E-state index contributed by atoms with van der Waals surface area (Å²) in [7, 11) is 0. The molecule has 3 rings (SSSR count). The molecule has 1 heterocycles. The van der Waals surface area contributed by atoms with E-state index in [1.165, 1.54) is 10.3 Å². The Morgan fingerprint density at radius 3 is 2.67 bits per heavy atom. The van der Waals surface area contributed by atoms with Crippen molar-refractivity contribution in [1.82, 2.24) is 4.98 Å². The molecule has 0 amide bonds. The number of aromatic nitrogens is 1. The highest BCUT2D eigenvalue weighted by molar-refractivity contribution is 7.11. The van der Waals surface area contributed by atoms with E-state index in [0.29, 0.717) is 13.2 Å². The van der Waals surface area contributed by atoms with E-state index < -0.39 is 0 Å². The normalized spacial score (nSPS) is 11.0. The van der Waals surface area contributed by atoms with Gasteiger partial charge in [-0.05, 0) is 30.7 Å². The van der Waals surface area contributed by atoms with Gasteiger partial charge in [0.2, 0.25) is 0 Å². The third-order valence-electron chi connectivity index (χ3n) is 3.63. The van der Waals surface area contributed by atoms with Crippen LogP contribution >= 0.6 is 11.3 Å². The quantitative estimate of drug-likeness (QED) is 0.793. The minimum atomic E-state index is 0.465. The van der Waals surface area contributed by atoms with Crippen molar-refractivity contribution in [3.63, 3.8) is 0 Å². The van der Waals surface area contributed by atoms with Gasteiger partial charge in [-0.15, -0.1) is 11.3 Å². The largest absolute Gasteiger partial charge is 0.486 e. The maximum Gasteiger partial charge on any atom is 0.140 e. The fourth-order valence-corrected chi connectivity index (χ4v) is 3.25. The molecule has 108 valence electrons. The van der Waals surface area contributed by atoms with E-state index in [0.717, 1.165) is 27.4 Å². The fourth-order valence-electron chi connectivity index (χ4n) is 2.40. The van der Waals surface area contributed by atoms with Crippen LogP contribution in [0.4, 0.5) is 0 Å². The van der Waals surface area contributed by atoms with Crippen LogP contribution < -0.4 is 10.5 Å². The highest BCUT2D eigenvalue weighted by atomic mass is 32.1. The average molecular weight is 298 g/mol. The molecule has 4 heteroatoms. The maximum absolute atomic E-state index is 5.96. The number of nitrogens with zero attached hydrogens (tertiary/aromatic N) is 1. The molecule has 0 aliphatic heterocycles. The topological polar surface area (TPSA) is 48.1 Å². The van der Waals surface area contributed by atoms with Gasteiger partial charge in [-0.25, -0.2) is 4.98 Å². The Balaban J connectivity index is 1.89. The van der Waals surface area contributed by atoms with Gasteiger partial charge in [0.25, 0.3) is 0 Å². The van der Waals surface area contributed by atoms with E-state index in [-0.39, 0.29) is 0 Å². The lowest BCUT2D eigenvalue weighted by Crippen LogP contribution is -2.03. The van der Waals surface area contributed by atoms with Crippen LogP contribution in [0.2, 0.25) is 0 Å². The summed E-state index contributed by atoms with van der Waals surface area (Å²) in [6, 6.07) is 12.3. The number of fused-ring (bicyclic) bond motifs is 1. The first-order valence-electron chi connectivity index (χ1n) is 6.95. The van der Waals surface area contributed by atoms with Gasteiger partial charge < -0.3 is 10.5 Å². The summed E-state index contributed by atoms with van der Waals surface area (Å²) >= 11 is 1.68. The Bertz CT molecular complexity index is 760. The Morgan fingerprint density at radius 2 is 1.95 bits per heavy atom. The average Bonchev–Trinajstić information content (AvgIpc) is 2.83. The molecule has 0 spiro atoms. The van der Waals surface area contributed by atoms with Crippen LogP contribution in [0, 0.1) is 13.8 Å². The smallest absolute Gasteiger partial charge is 0.140 e. The molecule has 0 atom stereocenters. The second kappa shape index (κ2) is 5.84. The summed E-state index contributed by atoms with van der Waals surface area (Å²) in [6.45, 7) is 5.06. The Morgan fingerprint density at radius 1 is 1.14 bits per heavy atom. The Kier molecular flexibility index (Phi) is 3.90. The molecule has 0 saturated carbocycles. The summed E-state index contributed by atoms with van der Waals surface area (Å²) in [6.07, 6.45) is 0. The summed E-state index contributed by atoms with van der Waals surface area (Å²) in [5, 5.41) is 3.34. The highest BCUT2D eigenvalue weighted by Gasteiger charge is 2.09. The third-order valence-corrected chi connectivity index (χ3v) is 4.67. The minimum Gasteiger partial charge on any atom is -0.486 e. The van der Waals surface area contributed by atoms with Crippen LogP contribution in [0.15, 0.2) is 36.4 Å². The molecule has 21 heavy (non-hydrogen) atoms.